The lowest BCUT2D eigenvalue weighted by atomic mass is 12.1. The lowest BCUT2D eigenvalue weighted by Crippen LogP contribution is -2.45. The minimum atomic E-state index is -1.09. The van der Waals surface area contributed by atoms with E-state index in [0.29, 0.717) is 0 Å². The Morgan fingerprint density at radius 3 is 2.67 bits per heavy atom. The van der Waals surface area contributed by atoms with Gasteiger partial charge in [0.05, 0.1) is 10.6 Å². The molecule has 0 aliphatic carbocycles. The Balaban J connectivity index is 3.37. The predicted molar refractivity (Wildman–Crippen MR) is 22.7 cm³/mol. The van der Waals surface area contributed by atoms with Crippen molar-refractivity contribution >= 4 is 0 Å². The van der Waals surface area contributed by atoms with Gasteiger partial charge >= 0.3 is 0 Å². The van der Waals surface area contributed by atoms with Crippen LogP contribution in [0, 0.1) is 15.0 Å². The Bertz CT molecular complexity index is 110. The van der Waals surface area contributed by atoms with Gasteiger partial charge in [0.25, 0.3) is 0 Å². The molecule has 0 unspecified atom stereocenters. The highest BCUT2D eigenvalue weighted by Gasteiger charge is 2.01. The van der Waals surface area contributed by atoms with Crippen LogP contribution < -0.4 is 11.1 Å². The second kappa shape index (κ2) is 3.51. The molecule has 0 heterocycles. The highest BCUT2D eigenvalue weighted by atomic mass is 16.7. The van der Waals surface area contributed by atoms with E-state index in [0.717, 1.165) is 5.53 Å². The van der Waals surface area contributed by atoms with Crippen molar-refractivity contribution in [2.24, 2.45) is 5.29 Å². The highest BCUT2D eigenvalue weighted by Crippen LogP contribution is 1.63. The summed E-state index contributed by atoms with van der Waals surface area (Å²) in [6.45, 7) is 0. The normalized spacial score (nSPS) is 8.67. The van der Waals surface area contributed by atoms with Crippen LogP contribution in [0.1, 0.15) is 0 Å². The number of nitrogens with one attached hydrogen (secondary N) is 2. The Kier molecular flexibility index (Phi) is 2.94. The molecule has 0 saturated heterocycles. The Labute approximate surface area is 48.2 Å². The first kappa shape index (κ1) is 7.52. The molecule has 0 amide bonds. The van der Waals surface area contributed by atoms with E-state index >= 15 is 0 Å². The fourth-order valence-corrected chi connectivity index (χ4v) is 0.138. The summed E-state index contributed by atoms with van der Waals surface area (Å²) in [6, 6.07) is 0. The maximum absolute atomic E-state index is 9.39. The smallest absolute Gasteiger partial charge is 0.177 e. The molecular formula is H3N5O4. The minimum absolute atomic E-state index is 0.299. The van der Waals surface area contributed by atoms with Crippen molar-refractivity contribution in [3.8, 4) is 0 Å². The monoisotopic (exact) mass is 137 g/mol. The molecule has 0 fully saturated rings. The quantitative estimate of drug-likeness (QED) is 0.246. The van der Waals surface area contributed by atoms with Crippen LogP contribution in [0.3, 0.4) is 0 Å². The van der Waals surface area contributed by atoms with E-state index in [1.165, 1.54) is 5.53 Å². The van der Waals surface area contributed by atoms with Crippen LogP contribution in [0.5, 0.6) is 0 Å². The van der Waals surface area contributed by atoms with Crippen molar-refractivity contribution in [1.29, 1.82) is 0 Å². The largest absolute Gasteiger partial charge is 0.271 e. The number of hydrazine groups is 3. The van der Waals surface area contributed by atoms with Crippen LogP contribution in [-0.2, 0) is 0 Å². The molecule has 0 bridgehead atoms. The molecule has 9 heteroatoms. The molecule has 0 aliphatic heterocycles. The fraction of sp³-hybridized carbons (Fsp3) is 0. The van der Waals surface area contributed by atoms with Gasteiger partial charge in [0.2, 0.25) is 0 Å². The molecule has 0 aromatic carbocycles. The van der Waals surface area contributed by atoms with Crippen molar-refractivity contribution in [3.05, 3.63) is 15.0 Å². The molecule has 0 saturated carbocycles. The zero-order valence-corrected chi connectivity index (χ0v) is 4.01. The van der Waals surface area contributed by atoms with E-state index < -0.39 is 5.03 Å². The zero-order chi connectivity index (χ0) is 7.28. The number of nitro groups is 1. The standard InChI is InChI=1S/H3N5O4/c6-2-1-4(7)3-5(8)9/h3,7H,(H,1,6). The van der Waals surface area contributed by atoms with Crippen LogP contribution >= 0.6 is 0 Å². The summed E-state index contributed by atoms with van der Waals surface area (Å²) >= 11 is 0. The van der Waals surface area contributed by atoms with Gasteiger partial charge in [0, 0.05) is 0 Å². The summed E-state index contributed by atoms with van der Waals surface area (Å²) in [7, 11) is 0. The summed E-state index contributed by atoms with van der Waals surface area (Å²) in [5, 5.41) is 18.0. The molecule has 9 nitrogen and oxygen atoms in total. The summed E-state index contributed by atoms with van der Waals surface area (Å²) < 4.78 is 0. The number of nitroso groups, excluding NO2 is 1. The highest BCUT2D eigenvalue weighted by molar-refractivity contribution is 4.08. The first-order valence-corrected chi connectivity index (χ1v) is 1.64. The summed E-state index contributed by atoms with van der Waals surface area (Å²) in [6.07, 6.45) is 0. The van der Waals surface area contributed by atoms with Gasteiger partial charge in [0.1, 0.15) is 0 Å². The van der Waals surface area contributed by atoms with Gasteiger partial charge in [-0.1, -0.05) is 0 Å². The topological polar surface area (TPSA) is 120 Å². The lowest BCUT2D eigenvalue weighted by Gasteiger charge is -2.03. The van der Waals surface area contributed by atoms with E-state index in [9.17, 15) is 15.0 Å². The van der Waals surface area contributed by atoms with Crippen molar-refractivity contribution in [2.75, 3.05) is 0 Å². The van der Waals surface area contributed by atoms with Crippen molar-refractivity contribution in [2.45, 2.75) is 0 Å². The van der Waals surface area contributed by atoms with Gasteiger partial charge in [-0.15, -0.1) is 4.91 Å². The maximum atomic E-state index is 9.39. The summed E-state index contributed by atoms with van der Waals surface area (Å²) in [5.41, 5.74) is 2.43. The van der Waals surface area contributed by atoms with Gasteiger partial charge < -0.3 is 0 Å². The van der Waals surface area contributed by atoms with E-state index in [-0.39, 0.29) is 5.28 Å². The van der Waals surface area contributed by atoms with Crippen LogP contribution in [0.25, 0.3) is 0 Å². The third kappa shape index (κ3) is 4.37. The number of hydrogen-bond donors (Lipinski definition) is 3. The Hall–Kier alpha value is -1.48. The Morgan fingerprint density at radius 1 is 1.78 bits per heavy atom. The van der Waals surface area contributed by atoms with Gasteiger partial charge in [0.15, 0.2) is 5.03 Å². The fourth-order valence-electron chi connectivity index (χ4n) is 0.138. The number of nitrogens with zero attached hydrogens (tertiary/aromatic N) is 3. The first-order chi connectivity index (χ1) is 4.16. The molecule has 9 heavy (non-hydrogen) atoms. The van der Waals surface area contributed by atoms with Gasteiger partial charge in [-0.25, -0.2) is 10.1 Å². The number of hydrogen-bond acceptors (Lipinski definition) is 6. The molecule has 0 spiro atoms. The average Bonchev–Trinajstić information content (AvgIpc) is 1.63. The molecular weight excluding hydrogens is 134 g/mol. The lowest BCUT2D eigenvalue weighted by molar-refractivity contribution is -0.608. The predicted octanol–water partition coefficient (Wildman–Crippen LogP) is -1.44. The molecule has 0 aliphatic rings. The van der Waals surface area contributed by atoms with E-state index in [2.05, 4.69) is 0 Å². The van der Waals surface area contributed by atoms with Crippen LogP contribution in [-0.4, -0.2) is 15.5 Å². The molecule has 0 aromatic rings. The molecule has 0 radical (unpaired) electrons. The molecule has 0 atom stereocenters. The van der Waals surface area contributed by atoms with E-state index in [4.69, 9.17) is 5.21 Å². The SMILES string of the molecule is O=NNN(O)N[N+](=O)[O-]. The van der Waals surface area contributed by atoms with E-state index in [1.807, 2.05) is 5.29 Å². The van der Waals surface area contributed by atoms with E-state index in [1.54, 1.807) is 0 Å². The minimum Gasteiger partial charge on any atom is -0.271 e. The second-order valence-electron chi connectivity index (χ2n) is 0.860. The molecule has 0 rings (SSSR count). The van der Waals surface area contributed by atoms with Gasteiger partial charge in [-0.05, 0) is 5.53 Å². The van der Waals surface area contributed by atoms with Gasteiger partial charge in [-0.3, -0.25) is 5.21 Å². The summed E-state index contributed by atoms with van der Waals surface area (Å²) in [5.74, 6) is 0. The number of rotatable bonds is 4. The maximum Gasteiger partial charge on any atom is 0.177 e. The molecule has 52 valence electrons. The molecule has 0 aromatic heterocycles. The zero-order valence-electron chi connectivity index (χ0n) is 4.01. The van der Waals surface area contributed by atoms with Crippen LogP contribution in [0.2, 0.25) is 0 Å². The van der Waals surface area contributed by atoms with Gasteiger partial charge in [-0.2, -0.15) is 5.53 Å². The van der Waals surface area contributed by atoms with Crippen molar-refractivity contribution in [1.82, 2.24) is 16.4 Å². The van der Waals surface area contributed by atoms with Crippen LogP contribution in [0.4, 0.5) is 0 Å². The third-order valence-corrected chi connectivity index (χ3v) is 0.312. The van der Waals surface area contributed by atoms with Crippen LogP contribution in [0.15, 0.2) is 5.29 Å². The van der Waals surface area contributed by atoms with Crippen molar-refractivity contribution in [3.63, 3.8) is 0 Å². The second-order valence-corrected chi connectivity index (χ2v) is 0.860. The summed E-state index contributed by atoms with van der Waals surface area (Å²) in [4.78, 5) is 18.6. The van der Waals surface area contributed by atoms with Crippen molar-refractivity contribution < 1.29 is 10.2 Å². The molecule has 3 N–H and O–H groups in total. The first-order valence-electron chi connectivity index (χ1n) is 1.64. The Morgan fingerprint density at radius 2 is 2.33 bits per heavy atom. The third-order valence-electron chi connectivity index (χ3n) is 0.312. The average molecular weight is 137 g/mol.